The Morgan fingerprint density at radius 1 is 1.10 bits per heavy atom. The molecule has 0 atom stereocenters. The zero-order valence-electron chi connectivity index (χ0n) is 12.0. The Bertz CT molecular complexity index is 621. The van der Waals surface area contributed by atoms with Crippen LogP contribution in [0.5, 0.6) is 0 Å². The number of ether oxygens (including phenoxy) is 1. The summed E-state index contributed by atoms with van der Waals surface area (Å²) in [6.45, 7) is 5.69. The number of anilines is 1. The van der Waals surface area contributed by atoms with Crippen LogP contribution in [0, 0.1) is 0 Å². The number of hydrogen-bond acceptors (Lipinski definition) is 4. The molecule has 0 spiro atoms. The average molecular weight is 284 g/mol. The van der Waals surface area contributed by atoms with E-state index >= 15 is 0 Å². The molecule has 0 aliphatic carbocycles. The van der Waals surface area contributed by atoms with Crippen molar-refractivity contribution in [2.75, 3.05) is 44.7 Å². The minimum Gasteiger partial charge on any atom is -0.384 e. The summed E-state index contributed by atoms with van der Waals surface area (Å²) in [7, 11) is 0. The van der Waals surface area contributed by atoms with Crippen LogP contribution in [-0.4, -0.2) is 50.6 Å². The minimum atomic E-state index is 0.718. The molecule has 0 unspecified atom stereocenters. The van der Waals surface area contributed by atoms with Crippen molar-refractivity contribution >= 4 is 22.7 Å². The molecule has 2 aromatic rings. The van der Waals surface area contributed by atoms with Crippen LogP contribution < -0.4 is 5.32 Å². The van der Waals surface area contributed by atoms with Crippen molar-refractivity contribution in [3.63, 3.8) is 0 Å². The second kappa shape index (κ2) is 6.70. The first-order valence-corrected chi connectivity index (χ1v) is 7.38. The van der Waals surface area contributed by atoms with Crippen LogP contribution in [0.4, 0.5) is 5.69 Å². The monoisotopic (exact) mass is 284 g/mol. The molecule has 110 valence electrons. The molecule has 2 aromatic carbocycles. The van der Waals surface area contributed by atoms with Crippen LogP contribution in [0.15, 0.2) is 36.4 Å². The first kappa shape index (κ1) is 14.0. The summed E-state index contributed by atoms with van der Waals surface area (Å²) in [5.41, 5.74) is 1.84. The lowest BCUT2D eigenvalue weighted by molar-refractivity contribution is 0.0398. The number of nitrogens with one attached hydrogen (secondary N) is 1. The summed E-state index contributed by atoms with van der Waals surface area (Å²) in [6.07, 6.45) is 0.883. The molecule has 1 N–H and O–H groups in total. The van der Waals surface area contributed by atoms with Crippen molar-refractivity contribution < 1.29 is 9.53 Å². The number of rotatable bonds is 5. The van der Waals surface area contributed by atoms with E-state index in [0.717, 1.165) is 67.7 Å². The number of nitrogens with zero attached hydrogens (tertiary/aromatic N) is 1. The van der Waals surface area contributed by atoms with Gasteiger partial charge in [-0.15, -0.1) is 0 Å². The van der Waals surface area contributed by atoms with Crippen LogP contribution in [-0.2, 0) is 4.74 Å². The van der Waals surface area contributed by atoms with Crippen molar-refractivity contribution in [1.82, 2.24) is 4.90 Å². The van der Waals surface area contributed by atoms with Crippen LogP contribution in [0.25, 0.3) is 10.8 Å². The second-order valence-corrected chi connectivity index (χ2v) is 5.32. The van der Waals surface area contributed by atoms with Gasteiger partial charge >= 0.3 is 0 Å². The molecule has 4 heteroatoms. The molecule has 1 aliphatic heterocycles. The normalized spacial score (nSPS) is 16.0. The lowest BCUT2D eigenvalue weighted by Gasteiger charge is -2.26. The molecule has 0 amide bonds. The fourth-order valence-corrected chi connectivity index (χ4v) is 2.63. The van der Waals surface area contributed by atoms with Gasteiger partial charge < -0.3 is 10.1 Å². The Hall–Kier alpha value is -1.91. The van der Waals surface area contributed by atoms with Crippen molar-refractivity contribution in [2.24, 2.45) is 0 Å². The predicted octanol–water partition coefficient (Wildman–Crippen LogP) is 2.40. The van der Waals surface area contributed by atoms with E-state index in [1.54, 1.807) is 0 Å². The highest BCUT2D eigenvalue weighted by molar-refractivity contribution is 5.90. The fraction of sp³-hybridized carbons (Fsp3) is 0.353. The Morgan fingerprint density at radius 2 is 1.86 bits per heavy atom. The Kier molecular flexibility index (Phi) is 4.48. The number of carbonyl (C=O) groups is 1. The summed E-state index contributed by atoms with van der Waals surface area (Å²) in [4.78, 5) is 13.2. The number of carbonyl (C=O) groups excluding carboxylic acids is 1. The van der Waals surface area contributed by atoms with Crippen LogP contribution >= 0.6 is 0 Å². The molecule has 1 heterocycles. The van der Waals surface area contributed by atoms with E-state index in [9.17, 15) is 4.79 Å². The van der Waals surface area contributed by atoms with Crippen molar-refractivity contribution in [3.8, 4) is 0 Å². The van der Waals surface area contributed by atoms with E-state index in [1.807, 2.05) is 18.2 Å². The number of fused-ring (bicyclic) bond motifs is 1. The maximum Gasteiger partial charge on any atom is 0.150 e. The molecule has 0 radical (unpaired) electrons. The molecule has 1 aliphatic rings. The van der Waals surface area contributed by atoms with Crippen LogP contribution in [0.1, 0.15) is 10.4 Å². The van der Waals surface area contributed by atoms with E-state index in [4.69, 9.17) is 4.74 Å². The quantitative estimate of drug-likeness (QED) is 0.856. The molecular formula is C17H20N2O2. The maximum atomic E-state index is 10.8. The molecule has 0 saturated carbocycles. The third-order valence-corrected chi connectivity index (χ3v) is 3.86. The molecule has 1 saturated heterocycles. The lowest BCUT2D eigenvalue weighted by atomic mass is 10.1. The minimum absolute atomic E-state index is 0.718. The van der Waals surface area contributed by atoms with E-state index in [2.05, 4.69) is 28.4 Å². The SMILES string of the molecule is O=Cc1ccc2cc(NCCN3CCOCC3)ccc2c1. The third-order valence-electron chi connectivity index (χ3n) is 3.86. The number of morpholine rings is 1. The van der Waals surface area contributed by atoms with Gasteiger partial charge in [-0.1, -0.05) is 18.2 Å². The second-order valence-electron chi connectivity index (χ2n) is 5.32. The van der Waals surface area contributed by atoms with Crippen molar-refractivity contribution in [2.45, 2.75) is 0 Å². The highest BCUT2D eigenvalue weighted by Crippen LogP contribution is 2.20. The van der Waals surface area contributed by atoms with Crippen molar-refractivity contribution in [1.29, 1.82) is 0 Å². The summed E-state index contributed by atoms with van der Waals surface area (Å²) in [5, 5.41) is 5.71. The molecule has 21 heavy (non-hydrogen) atoms. The number of hydrogen-bond donors (Lipinski definition) is 1. The molecule has 3 rings (SSSR count). The van der Waals surface area contributed by atoms with Gasteiger partial charge in [0.2, 0.25) is 0 Å². The van der Waals surface area contributed by atoms with E-state index < -0.39 is 0 Å². The Morgan fingerprint density at radius 3 is 2.67 bits per heavy atom. The van der Waals surface area contributed by atoms with Gasteiger partial charge in [-0.3, -0.25) is 9.69 Å². The number of benzene rings is 2. The van der Waals surface area contributed by atoms with Gasteiger partial charge in [-0.2, -0.15) is 0 Å². The van der Waals surface area contributed by atoms with E-state index in [-0.39, 0.29) is 0 Å². The van der Waals surface area contributed by atoms with Gasteiger partial charge in [0.25, 0.3) is 0 Å². The van der Waals surface area contributed by atoms with Gasteiger partial charge in [-0.05, 0) is 29.0 Å². The largest absolute Gasteiger partial charge is 0.384 e. The van der Waals surface area contributed by atoms with E-state index in [1.165, 1.54) is 0 Å². The Balaban J connectivity index is 1.60. The van der Waals surface area contributed by atoms with Crippen LogP contribution in [0.3, 0.4) is 0 Å². The van der Waals surface area contributed by atoms with Gasteiger partial charge in [0, 0.05) is 37.4 Å². The zero-order valence-corrected chi connectivity index (χ0v) is 12.0. The molecule has 1 fully saturated rings. The van der Waals surface area contributed by atoms with Gasteiger partial charge in [0.05, 0.1) is 13.2 Å². The molecule has 4 nitrogen and oxygen atoms in total. The first-order valence-electron chi connectivity index (χ1n) is 7.38. The topological polar surface area (TPSA) is 41.6 Å². The summed E-state index contributed by atoms with van der Waals surface area (Å²) in [6, 6.07) is 12.0. The highest BCUT2D eigenvalue weighted by atomic mass is 16.5. The van der Waals surface area contributed by atoms with Crippen LogP contribution in [0.2, 0.25) is 0 Å². The molecule has 0 aromatic heterocycles. The third kappa shape index (κ3) is 3.60. The standard InChI is InChI=1S/C17H20N2O2/c20-13-14-1-2-16-12-17(4-3-15(16)11-14)18-5-6-19-7-9-21-10-8-19/h1-4,11-13,18H,5-10H2. The van der Waals surface area contributed by atoms with Crippen molar-refractivity contribution in [3.05, 3.63) is 42.0 Å². The van der Waals surface area contributed by atoms with Gasteiger partial charge in [0.1, 0.15) is 6.29 Å². The lowest BCUT2D eigenvalue weighted by Crippen LogP contribution is -2.38. The predicted molar refractivity (Wildman–Crippen MR) is 85.1 cm³/mol. The summed E-state index contributed by atoms with van der Waals surface area (Å²) >= 11 is 0. The summed E-state index contributed by atoms with van der Waals surface area (Å²) < 4.78 is 5.34. The zero-order chi connectivity index (χ0) is 14.5. The Labute approximate surface area is 124 Å². The van der Waals surface area contributed by atoms with E-state index in [0.29, 0.717) is 0 Å². The van der Waals surface area contributed by atoms with Gasteiger partial charge in [-0.25, -0.2) is 0 Å². The average Bonchev–Trinajstić information content (AvgIpc) is 2.55. The molecular weight excluding hydrogens is 264 g/mol. The summed E-state index contributed by atoms with van der Waals surface area (Å²) in [5.74, 6) is 0. The fourth-order valence-electron chi connectivity index (χ4n) is 2.63. The van der Waals surface area contributed by atoms with Gasteiger partial charge in [0.15, 0.2) is 0 Å². The first-order chi connectivity index (χ1) is 10.3. The maximum absolute atomic E-state index is 10.8. The smallest absolute Gasteiger partial charge is 0.150 e. The molecule has 0 bridgehead atoms. The highest BCUT2D eigenvalue weighted by Gasteiger charge is 2.09. The number of aldehydes is 1.